The second-order valence-electron chi connectivity index (χ2n) is 5.84. The number of hydrogen-bond acceptors (Lipinski definition) is 3. The third kappa shape index (κ3) is 5.00. The molecule has 0 saturated heterocycles. The Morgan fingerprint density at radius 1 is 1.00 bits per heavy atom. The molecule has 0 radical (unpaired) electrons. The lowest BCUT2D eigenvalue weighted by Crippen LogP contribution is -2.42. The number of guanidine groups is 1. The molecule has 28 heavy (non-hydrogen) atoms. The third-order valence-electron chi connectivity index (χ3n) is 3.80. The average Bonchev–Trinajstić information content (AvgIpc) is 2.67. The van der Waals surface area contributed by atoms with E-state index >= 15 is 0 Å². The number of pyridine rings is 1. The molecule has 0 unspecified atom stereocenters. The van der Waals surface area contributed by atoms with Crippen molar-refractivity contribution in [2.45, 2.75) is 0 Å². The third-order valence-corrected chi connectivity index (χ3v) is 4.27. The topological polar surface area (TPSA) is 77.6 Å². The minimum absolute atomic E-state index is 0.203. The minimum atomic E-state index is -0.395. The number of anilines is 1. The van der Waals surface area contributed by atoms with Gasteiger partial charge in [-0.25, -0.2) is 0 Å². The van der Waals surface area contributed by atoms with E-state index in [1.54, 1.807) is 66.5 Å². The van der Waals surface area contributed by atoms with Crippen molar-refractivity contribution >= 4 is 46.6 Å². The quantitative estimate of drug-likeness (QED) is 0.496. The Kier molecular flexibility index (Phi) is 6.13. The lowest BCUT2D eigenvalue weighted by atomic mass is 10.2. The molecule has 0 aliphatic heterocycles. The summed E-state index contributed by atoms with van der Waals surface area (Å²) in [6, 6.07) is 18.2. The summed E-state index contributed by atoms with van der Waals surface area (Å²) in [5.41, 5.74) is 0.782. The van der Waals surface area contributed by atoms with E-state index in [1.165, 1.54) is 6.07 Å². The van der Waals surface area contributed by atoms with E-state index in [0.29, 0.717) is 27.1 Å². The van der Waals surface area contributed by atoms with Gasteiger partial charge in [-0.3, -0.25) is 14.9 Å². The van der Waals surface area contributed by atoms with Crippen molar-refractivity contribution in [3.63, 3.8) is 0 Å². The van der Waals surface area contributed by atoms with Crippen LogP contribution in [0.25, 0.3) is 0 Å². The second kappa shape index (κ2) is 8.73. The molecule has 0 atom stereocenters. The van der Waals surface area contributed by atoms with Crippen molar-refractivity contribution in [3.8, 4) is 0 Å². The van der Waals surface area contributed by atoms with Crippen LogP contribution in [0.2, 0.25) is 10.0 Å². The van der Waals surface area contributed by atoms with E-state index in [0.717, 1.165) is 0 Å². The van der Waals surface area contributed by atoms with Crippen LogP contribution in [0.1, 0.15) is 10.4 Å². The summed E-state index contributed by atoms with van der Waals surface area (Å²) < 4.78 is 0. The number of carbonyl (C=O) groups excluding carboxylic acids is 1. The van der Waals surface area contributed by atoms with Crippen LogP contribution in [-0.4, -0.2) is 23.9 Å². The fourth-order valence-corrected chi connectivity index (χ4v) is 2.79. The number of rotatable bonds is 3. The number of amides is 1. The maximum absolute atomic E-state index is 12.7. The molecule has 0 aliphatic rings. The summed E-state index contributed by atoms with van der Waals surface area (Å²) in [5.74, 6) is 0.102. The maximum Gasteiger partial charge on any atom is 0.258 e. The van der Waals surface area contributed by atoms with E-state index in [1.807, 2.05) is 6.07 Å². The molecule has 1 heterocycles. The summed E-state index contributed by atoms with van der Waals surface area (Å²) in [5, 5.41) is 3.75. The number of carbonyl (C=O) groups is 1. The van der Waals surface area contributed by atoms with Crippen molar-refractivity contribution in [3.05, 3.63) is 92.7 Å². The molecule has 1 aromatic heterocycles. The van der Waals surface area contributed by atoms with Gasteiger partial charge in [0.15, 0.2) is 0 Å². The number of benzene rings is 2. The molecule has 2 aromatic carbocycles. The monoisotopic (exact) mass is 414 g/mol. The number of nitrogens with zero attached hydrogens (tertiary/aromatic N) is 2. The van der Waals surface area contributed by atoms with Crippen LogP contribution >= 0.6 is 23.2 Å². The Morgan fingerprint density at radius 3 is 2.36 bits per heavy atom. The lowest BCUT2D eigenvalue weighted by molar-refractivity contribution is 0.0976. The molecule has 3 rings (SSSR count). The van der Waals surface area contributed by atoms with Crippen LogP contribution in [0.3, 0.4) is 0 Å². The fourth-order valence-electron chi connectivity index (χ4n) is 2.41. The predicted octanol–water partition coefficient (Wildman–Crippen LogP) is 4.24. The lowest BCUT2D eigenvalue weighted by Gasteiger charge is -2.22. The molecule has 6 nitrogen and oxygen atoms in total. The normalized spacial score (nSPS) is 11.2. The van der Waals surface area contributed by atoms with Crippen LogP contribution < -0.4 is 15.8 Å². The zero-order chi connectivity index (χ0) is 20.1. The fraction of sp³-hybridized carbons (Fsp3) is 0.0500. The first-order valence-corrected chi connectivity index (χ1v) is 9.02. The van der Waals surface area contributed by atoms with E-state index in [4.69, 9.17) is 23.2 Å². The Hall–Kier alpha value is -3.09. The van der Waals surface area contributed by atoms with E-state index < -0.39 is 5.91 Å². The highest BCUT2D eigenvalue weighted by atomic mass is 35.5. The SMILES string of the molecule is CN(/C(=N\c1cccc(=O)[nH]1)NC(=O)c1cccc(Cl)c1)c1cccc(Cl)c1. The summed E-state index contributed by atoms with van der Waals surface area (Å²) in [6.45, 7) is 0. The van der Waals surface area contributed by atoms with Crippen LogP contribution in [0.5, 0.6) is 0 Å². The van der Waals surface area contributed by atoms with Gasteiger partial charge in [-0.15, -0.1) is 0 Å². The second-order valence-corrected chi connectivity index (χ2v) is 6.71. The molecular weight excluding hydrogens is 399 g/mol. The molecule has 0 bridgehead atoms. The Morgan fingerprint density at radius 2 is 1.68 bits per heavy atom. The number of aromatic amines is 1. The molecule has 8 heteroatoms. The van der Waals surface area contributed by atoms with Crippen LogP contribution in [0.4, 0.5) is 11.5 Å². The number of halogens is 2. The van der Waals surface area contributed by atoms with Crippen molar-refractivity contribution in [2.75, 3.05) is 11.9 Å². The van der Waals surface area contributed by atoms with Crippen molar-refractivity contribution in [1.82, 2.24) is 10.3 Å². The van der Waals surface area contributed by atoms with Gasteiger partial charge < -0.3 is 9.88 Å². The molecule has 142 valence electrons. The molecule has 0 saturated carbocycles. The Labute approximate surface area is 171 Å². The van der Waals surface area contributed by atoms with Gasteiger partial charge in [0.1, 0.15) is 5.82 Å². The average molecular weight is 415 g/mol. The zero-order valence-electron chi connectivity index (χ0n) is 14.8. The largest absolute Gasteiger partial charge is 0.315 e. The van der Waals surface area contributed by atoms with Crippen LogP contribution in [0.15, 0.2) is 76.5 Å². The van der Waals surface area contributed by atoms with Gasteiger partial charge in [-0.2, -0.15) is 4.99 Å². The standard InChI is InChI=1S/C20H16Cl2N4O2/c1-26(16-8-3-7-15(22)12-16)20(24-17-9-4-10-18(27)23-17)25-19(28)13-5-2-6-14(21)11-13/h2-12H,1H3,(H2,23,24,25,27,28). The number of aliphatic imine (C=N–C) groups is 1. The highest BCUT2D eigenvalue weighted by Gasteiger charge is 2.15. The zero-order valence-corrected chi connectivity index (χ0v) is 16.3. The first kappa shape index (κ1) is 19.7. The molecule has 3 aromatic rings. The highest BCUT2D eigenvalue weighted by Crippen LogP contribution is 2.19. The number of H-pyrrole nitrogens is 1. The summed E-state index contributed by atoms with van der Waals surface area (Å²) >= 11 is 12.1. The summed E-state index contributed by atoms with van der Waals surface area (Å²) in [6.07, 6.45) is 0. The molecule has 0 spiro atoms. The van der Waals surface area contributed by atoms with Gasteiger partial charge in [0.2, 0.25) is 11.5 Å². The van der Waals surface area contributed by atoms with Gasteiger partial charge >= 0.3 is 0 Å². The highest BCUT2D eigenvalue weighted by molar-refractivity contribution is 6.31. The molecule has 2 N–H and O–H groups in total. The first-order valence-electron chi connectivity index (χ1n) is 8.26. The Bertz CT molecular complexity index is 1100. The van der Waals surface area contributed by atoms with Crippen LogP contribution in [0, 0.1) is 0 Å². The minimum Gasteiger partial charge on any atom is -0.315 e. The van der Waals surface area contributed by atoms with Crippen molar-refractivity contribution in [1.29, 1.82) is 0 Å². The number of hydrogen-bond donors (Lipinski definition) is 2. The first-order chi connectivity index (χ1) is 13.4. The summed E-state index contributed by atoms with van der Waals surface area (Å²) in [4.78, 5) is 32.9. The molecule has 1 amide bonds. The van der Waals surface area contributed by atoms with Gasteiger partial charge in [0, 0.05) is 34.4 Å². The van der Waals surface area contributed by atoms with Crippen molar-refractivity contribution in [2.24, 2.45) is 4.99 Å². The van der Waals surface area contributed by atoms with Crippen molar-refractivity contribution < 1.29 is 4.79 Å². The van der Waals surface area contributed by atoms with Gasteiger partial charge in [-0.05, 0) is 42.5 Å². The maximum atomic E-state index is 12.7. The van der Waals surface area contributed by atoms with Gasteiger partial charge in [0.25, 0.3) is 5.91 Å². The molecule has 0 fully saturated rings. The Balaban J connectivity index is 1.98. The molecule has 0 aliphatic carbocycles. The smallest absolute Gasteiger partial charge is 0.258 e. The number of nitrogens with one attached hydrogen (secondary N) is 2. The van der Waals surface area contributed by atoms with Gasteiger partial charge in [-0.1, -0.05) is 41.4 Å². The van der Waals surface area contributed by atoms with E-state index in [9.17, 15) is 9.59 Å². The molecular formula is C20H16Cl2N4O2. The predicted molar refractivity (Wildman–Crippen MR) is 113 cm³/mol. The van der Waals surface area contributed by atoms with Gasteiger partial charge in [0.05, 0.1) is 0 Å². The number of aromatic nitrogens is 1. The summed E-state index contributed by atoms with van der Waals surface area (Å²) in [7, 11) is 1.73. The van der Waals surface area contributed by atoms with E-state index in [2.05, 4.69) is 15.3 Å². The van der Waals surface area contributed by atoms with Crippen LogP contribution in [-0.2, 0) is 0 Å². The van der Waals surface area contributed by atoms with E-state index in [-0.39, 0.29) is 11.5 Å².